The fourth-order valence-corrected chi connectivity index (χ4v) is 4.16. The lowest BCUT2D eigenvalue weighted by Crippen LogP contribution is -2.20. The van der Waals surface area contributed by atoms with Gasteiger partial charge in [0, 0.05) is 30.2 Å². The van der Waals surface area contributed by atoms with Gasteiger partial charge < -0.3 is 10.2 Å². The summed E-state index contributed by atoms with van der Waals surface area (Å²) >= 11 is 3.36. The van der Waals surface area contributed by atoms with Crippen LogP contribution < -0.4 is 5.32 Å². The van der Waals surface area contributed by atoms with Gasteiger partial charge >= 0.3 is 0 Å². The molecule has 0 saturated carbocycles. The Morgan fingerprint density at radius 2 is 1.81 bits per heavy atom. The number of amidine groups is 1. The Kier molecular flexibility index (Phi) is 5.96. The second kappa shape index (κ2) is 8.22. The molecule has 2 aromatic carbocycles. The second-order valence-electron chi connectivity index (χ2n) is 6.38. The summed E-state index contributed by atoms with van der Waals surface area (Å²) in [6.45, 7) is 0.817. The molecule has 142 valence electrons. The number of likely N-dealkylation sites (tertiary alicyclic amines) is 1. The molecular weight excluding hydrogens is 430 g/mol. The number of nitrogens with zero attached hydrogens (tertiary/aromatic N) is 2. The summed E-state index contributed by atoms with van der Waals surface area (Å²) in [5.41, 5.74) is 1.44. The molecule has 0 aromatic heterocycles. The van der Waals surface area contributed by atoms with Crippen LogP contribution in [0.5, 0.6) is 0 Å². The van der Waals surface area contributed by atoms with Gasteiger partial charge in [0.05, 0.1) is 11.3 Å². The van der Waals surface area contributed by atoms with E-state index in [1.807, 2.05) is 36.2 Å². The van der Waals surface area contributed by atoms with Crippen LogP contribution in [0.1, 0.15) is 18.4 Å². The third-order valence-corrected chi connectivity index (χ3v) is 6.12. The highest BCUT2D eigenvalue weighted by atomic mass is 79.9. The molecule has 0 bridgehead atoms. The SMILES string of the molecule is CN1CCC/C1=N/S(=O)(=O)c1ccc(NC(=O)Cc2ccc(Br)cc2)cc1. The number of sulfonamides is 1. The average Bonchev–Trinajstić information content (AvgIpc) is 3.01. The number of nitrogens with one attached hydrogen (secondary N) is 1. The largest absolute Gasteiger partial charge is 0.362 e. The molecule has 1 amide bonds. The number of amides is 1. The number of benzene rings is 2. The lowest BCUT2D eigenvalue weighted by molar-refractivity contribution is -0.115. The van der Waals surface area contributed by atoms with Crippen LogP contribution in [0, 0.1) is 0 Å². The lowest BCUT2D eigenvalue weighted by Gasteiger charge is -2.11. The number of carbonyl (C=O) groups is 1. The van der Waals surface area contributed by atoms with Gasteiger partial charge in [-0.3, -0.25) is 4.79 Å². The van der Waals surface area contributed by atoms with Gasteiger partial charge in [-0.15, -0.1) is 4.40 Å². The molecule has 27 heavy (non-hydrogen) atoms. The molecule has 1 heterocycles. The first kappa shape index (κ1) is 19.6. The highest BCUT2D eigenvalue weighted by Crippen LogP contribution is 2.19. The molecule has 6 nitrogen and oxygen atoms in total. The van der Waals surface area contributed by atoms with Crippen LogP contribution >= 0.6 is 15.9 Å². The van der Waals surface area contributed by atoms with Gasteiger partial charge in [0.2, 0.25) is 5.91 Å². The fourth-order valence-electron chi connectivity index (χ4n) is 2.80. The summed E-state index contributed by atoms with van der Waals surface area (Å²) in [5, 5.41) is 2.77. The van der Waals surface area contributed by atoms with Gasteiger partial charge in [0.15, 0.2) is 0 Å². The summed E-state index contributed by atoms with van der Waals surface area (Å²) in [7, 11) is -1.91. The zero-order valence-corrected chi connectivity index (χ0v) is 17.3. The van der Waals surface area contributed by atoms with E-state index in [1.165, 1.54) is 12.1 Å². The standard InChI is InChI=1S/C19H20BrN3O3S/c1-23-12-2-3-18(23)22-27(25,26)17-10-8-16(9-11-17)21-19(24)13-14-4-6-15(20)7-5-14/h4-11H,2-3,12-13H2,1H3,(H,21,24)/b22-18-. The Morgan fingerprint density at radius 3 is 2.41 bits per heavy atom. The Balaban J connectivity index is 1.66. The van der Waals surface area contributed by atoms with E-state index in [4.69, 9.17) is 0 Å². The second-order valence-corrected chi connectivity index (χ2v) is 8.90. The molecule has 1 saturated heterocycles. The highest BCUT2D eigenvalue weighted by molar-refractivity contribution is 9.10. The van der Waals surface area contributed by atoms with E-state index in [1.54, 1.807) is 12.1 Å². The van der Waals surface area contributed by atoms with Gasteiger partial charge in [-0.05, 0) is 48.4 Å². The maximum atomic E-state index is 12.4. The molecule has 1 aliphatic rings. The third-order valence-electron chi connectivity index (χ3n) is 4.27. The molecule has 1 N–H and O–H groups in total. The minimum atomic E-state index is -3.75. The summed E-state index contributed by atoms with van der Waals surface area (Å²) in [4.78, 5) is 14.1. The van der Waals surface area contributed by atoms with Crippen molar-refractivity contribution in [3.05, 3.63) is 58.6 Å². The van der Waals surface area contributed by atoms with Crippen LogP contribution in [0.15, 0.2) is 62.3 Å². The van der Waals surface area contributed by atoms with Crippen molar-refractivity contribution < 1.29 is 13.2 Å². The quantitative estimate of drug-likeness (QED) is 0.757. The number of carbonyl (C=O) groups excluding carboxylic acids is 1. The van der Waals surface area contributed by atoms with Crippen molar-refractivity contribution in [1.82, 2.24) is 4.90 Å². The molecular formula is C19H20BrN3O3S. The maximum absolute atomic E-state index is 12.4. The predicted octanol–water partition coefficient (Wildman–Crippen LogP) is 3.44. The van der Waals surface area contributed by atoms with Crippen molar-refractivity contribution in [2.24, 2.45) is 4.40 Å². The average molecular weight is 450 g/mol. The first-order valence-electron chi connectivity index (χ1n) is 8.53. The normalized spacial score (nSPS) is 15.9. The smallest absolute Gasteiger partial charge is 0.283 e. The molecule has 0 radical (unpaired) electrons. The summed E-state index contributed by atoms with van der Waals surface area (Å²) in [6, 6.07) is 13.6. The first-order valence-corrected chi connectivity index (χ1v) is 10.8. The summed E-state index contributed by atoms with van der Waals surface area (Å²) in [5.74, 6) is 0.419. The lowest BCUT2D eigenvalue weighted by atomic mass is 10.1. The zero-order valence-electron chi connectivity index (χ0n) is 14.9. The number of hydrogen-bond donors (Lipinski definition) is 1. The van der Waals surface area contributed by atoms with Crippen molar-refractivity contribution in [2.75, 3.05) is 18.9 Å². The van der Waals surface area contributed by atoms with E-state index in [2.05, 4.69) is 25.6 Å². The highest BCUT2D eigenvalue weighted by Gasteiger charge is 2.20. The summed E-state index contributed by atoms with van der Waals surface area (Å²) < 4.78 is 29.8. The number of halogens is 1. The zero-order chi connectivity index (χ0) is 19.4. The summed E-state index contributed by atoms with van der Waals surface area (Å²) in [6.07, 6.45) is 1.82. The van der Waals surface area contributed by atoms with E-state index in [0.29, 0.717) is 17.9 Å². The van der Waals surface area contributed by atoms with Crippen LogP contribution in [0.4, 0.5) is 5.69 Å². The van der Waals surface area contributed by atoms with Crippen molar-refractivity contribution in [3.63, 3.8) is 0 Å². The Morgan fingerprint density at radius 1 is 1.15 bits per heavy atom. The molecule has 0 unspecified atom stereocenters. The van der Waals surface area contributed by atoms with Gasteiger partial charge in [-0.2, -0.15) is 8.42 Å². The number of rotatable bonds is 5. The van der Waals surface area contributed by atoms with Crippen LogP contribution in [-0.4, -0.2) is 38.7 Å². The van der Waals surface area contributed by atoms with Crippen LogP contribution in [0.3, 0.4) is 0 Å². The van der Waals surface area contributed by atoms with Gasteiger partial charge in [0.25, 0.3) is 10.0 Å². The molecule has 0 atom stereocenters. The van der Waals surface area contributed by atoms with E-state index >= 15 is 0 Å². The third kappa shape index (κ3) is 5.17. The van der Waals surface area contributed by atoms with Gasteiger partial charge in [-0.1, -0.05) is 28.1 Å². The Hall–Kier alpha value is -2.19. The van der Waals surface area contributed by atoms with E-state index in [-0.39, 0.29) is 17.2 Å². The molecule has 1 aliphatic heterocycles. The van der Waals surface area contributed by atoms with Gasteiger partial charge in [-0.25, -0.2) is 0 Å². The van der Waals surface area contributed by atoms with Crippen molar-refractivity contribution in [2.45, 2.75) is 24.2 Å². The van der Waals surface area contributed by atoms with E-state index < -0.39 is 10.0 Å². The number of anilines is 1. The van der Waals surface area contributed by atoms with Crippen molar-refractivity contribution in [1.29, 1.82) is 0 Å². The van der Waals surface area contributed by atoms with Crippen LogP contribution in [0.2, 0.25) is 0 Å². The fraction of sp³-hybridized carbons (Fsp3) is 0.263. The Bertz CT molecular complexity index is 955. The minimum absolute atomic E-state index is 0.112. The molecule has 0 aliphatic carbocycles. The molecule has 8 heteroatoms. The molecule has 3 rings (SSSR count). The van der Waals surface area contributed by atoms with E-state index in [0.717, 1.165) is 23.0 Å². The first-order chi connectivity index (χ1) is 12.8. The van der Waals surface area contributed by atoms with Gasteiger partial charge in [0.1, 0.15) is 5.84 Å². The predicted molar refractivity (Wildman–Crippen MR) is 109 cm³/mol. The maximum Gasteiger partial charge on any atom is 0.283 e. The molecule has 0 spiro atoms. The van der Waals surface area contributed by atoms with E-state index in [9.17, 15) is 13.2 Å². The monoisotopic (exact) mass is 449 g/mol. The van der Waals surface area contributed by atoms with Crippen molar-refractivity contribution >= 4 is 43.4 Å². The molecule has 1 fully saturated rings. The topological polar surface area (TPSA) is 78.8 Å². The van der Waals surface area contributed by atoms with Crippen LogP contribution in [-0.2, 0) is 21.2 Å². The van der Waals surface area contributed by atoms with Crippen LogP contribution in [0.25, 0.3) is 0 Å². The number of hydrogen-bond acceptors (Lipinski definition) is 3. The minimum Gasteiger partial charge on any atom is -0.362 e. The Labute approximate surface area is 167 Å². The van der Waals surface area contributed by atoms with Crippen molar-refractivity contribution in [3.8, 4) is 0 Å². The molecule has 2 aromatic rings.